The van der Waals surface area contributed by atoms with Crippen molar-refractivity contribution in [2.75, 3.05) is 0 Å². The molecule has 0 spiro atoms. The summed E-state index contributed by atoms with van der Waals surface area (Å²) in [6.45, 7) is 0. The Hall–Kier alpha value is -1.20. The van der Waals surface area contributed by atoms with Crippen LogP contribution in [-0.4, -0.2) is 14.7 Å². The first-order valence-electron chi connectivity index (χ1n) is 3.84. The Bertz CT molecular complexity index is 344. The van der Waals surface area contributed by atoms with Crippen LogP contribution in [0.3, 0.4) is 0 Å². The lowest BCUT2D eigenvalue weighted by molar-refractivity contribution is 0.174. The molecule has 2 heterocycles. The average Bonchev–Trinajstić information content (AvgIpc) is 2.74. The van der Waals surface area contributed by atoms with E-state index in [0.717, 1.165) is 10.6 Å². The fourth-order valence-corrected chi connectivity index (χ4v) is 1.53. The van der Waals surface area contributed by atoms with Crippen LogP contribution in [0.5, 0.6) is 0 Å². The van der Waals surface area contributed by atoms with E-state index in [-0.39, 0.29) is 0 Å². The summed E-state index contributed by atoms with van der Waals surface area (Å²) in [6, 6.07) is 3.63. The highest BCUT2D eigenvalue weighted by Crippen LogP contribution is 2.19. The summed E-state index contributed by atoms with van der Waals surface area (Å²) >= 11 is 1.20. The van der Waals surface area contributed by atoms with Gasteiger partial charge >= 0.3 is 0 Å². The Kier molecular flexibility index (Phi) is 2.37. The predicted octanol–water partition coefficient (Wildman–Crippen LogP) is 1.41. The molecule has 0 aliphatic heterocycles. The molecule has 1 atom stereocenters. The molecule has 0 fully saturated rings. The van der Waals surface area contributed by atoms with Crippen LogP contribution in [0.2, 0.25) is 0 Å². The van der Waals surface area contributed by atoms with Gasteiger partial charge in [0.25, 0.3) is 0 Å². The van der Waals surface area contributed by atoms with Gasteiger partial charge in [0, 0.05) is 6.42 Å². The fraction of sp³-hybridized carbons (Fsp3) is 0.250. The summed E-state index contributed by atoms with van der Waals surface area (Å²) in [4.78, 5) is 0.761. The zero-order chi connectivity index (χ0) is 9.10. The molecule has 13 heavy (non-hydrogen) atoms. The number of hydrogen-bond donors (Lipinski definition) is 1. The molecule has 0 aliphatic rings. The van der Waals surface area contributed by atoms with Gasteiger partial charge in [0.2, 0.25) is 0 Å². The molecule has 0 saturated carbocycles. The molecule has 4 nitrogen and oxygen atoms in total. The van der Waals surface area contributed by atoms with E-state index in [9.17, 15) is 5.11 Å². The molecule has 2 aromatic rings. The standard InChI is InChI=1S/C8H8N2O2S/c11-7(8-5-9-10-13-8)4-6-2-1-3-12-6/h1-3,5,7,11H,4H2. The van der Waals surface area contributed by atoms with Crippen LogP contribution >= 0.6 is 11.5 Å². The lowest BCUT2D eigenvalue weighted by Gasteiger charge is -2.03. The van der Waals surface area contributed by atoms with Crippen molar-refractivity contribution in [2.24, 2.45) is 0 Å². The van der Waals surface area contributed by atoms with Gasteiger partial charge in [-0.05, 0) is 23.7 Å². The van der Waals surface area contributed by atoms with Gasteiger partial charge in [0.05, 0.1) is 23.4 Å². The van der Waals surface area contributed by atoms with Crippen molar-refractivity contribution in [2.45, 2.75) is 12.5 Å². The minimum Gasteiger partial charge on any atom is -0.469 e. The number of rotatable bonds is 3. The number of nitrogens with zero attached hydrogens (tertiary/aromatic N) is 2. The van der Waals surface area contributed by atoms with Crippen molar-refractivity contribution < 1.29 is 9.52 Å². The Labute approximate surface area is 79.0 Å². The van der Waals surface area contributed by atoms with Crippen molar-refractivity contribution in [3.63, 3.8) is 0 Å². The number of aromatic nitrogens is 2. The van der Waals surface area contributed by atoms with Crippen LogP contribution in [0.1, 0.15) is 16.7 Å². The molecule has 1 N–H and O–H groups in total. The monoisotopic (exact) mass is 196 g/mol. The molecule has 0 radical (unpaired) electrons. The van der Waals surface area contributed by atoms with E-state index in [1.807, 2.05) is 6.07 Å². The fourth-order valence-electron chi connectivity index (χ4n) is 1.04. The molecule has 0 amide bonds. The quantitative estimate of drug-likeness (QED) is 0.806. The minimum atomic E-state index is -0.564. The lowest BCUT2D eigenvalue weighted by atomic mass is 10.2. The topological polar surface area (TPSA) is 59.2 Å². The van der Waals surface area contributed by atoms with Gasteiger partial charge in [-0.1, -0.05) is 4.49 Å². The Balaban J connectivity index is 2.04. The van der Waals surface area contributed by atoms with Crippen molar-refractivity contribution in [1.82, 2.24) is 9.59 Å². The molecule has 1 unspecified atom stereocenters. The largest absolute Gasteiger partial charge is 0.469 e. The first kappa shape index (κ1) is 8.40. The van der Waals surface area contributed by atoms with Crippen LogP contribution in [0.25, 0.3) is 0 Å². The highest BCUT2D eigenvalue weighted by atomic mass is 32.1. The third kappa shape index (κ3) is 1.93. The van der Waals surface area contributed by atoms with E-state index in [4.69, 9.17) is 4.42 Å². The second-order valence-corrected chi connectivity index (χ2v) is 3.44. The molecule has 0 saturated heterocycles. The zero-order valence-electron chi connectivity index (χ0n) is 6.75. The van der Waals surface area contributed by atoms with Gasteiger partial charge in [0.15, 0.2) is 0 Å². The van der Waals surface area contributed by atoms with E-state index in [2.05, 4.69) is 9.59 Å². The third-order valence-electron chi connectivity index (χ3n) is 1.68. The van der Waals surface area contributed by atoms with Crippen molar-refractivity contribution in [1.29, 1.82) is 0 Å². The first-order chi connectivity index (χ1) is 6.36. The summed E-state index contributed by atoms with van der Waals surface area (Å²) in [5, 5.41) is 13.3. The molecule has 2 rings (SSSR count). The van der Waals surface area contributed by atoms with E-state index >= 15 is 0 Å². The van der Waals surface area contributed by atoms with E-state index in [1.54, 1.807) is 18.5 Å². The molecule has 2 aromatic heterocycles. The normalized spacial score (nSPS) is 13.0. The van der Waals surface area contributed by atoms with Crippen molar-refractivity contribution >= 4 is 11.5 Å². The third-order valence-corrected chi connectivity index (χ3v) is 2.45. The van der Waals surface area contributed by atoms with E-state index in [0.29, 0.717) is 6.42 Å². The second kappa shape index (κ2) is 3.68. The van der Waals surface area contributed by atoms with Gasteiger partial charge in [0.1, 0.15) is 5.76 Å². The Morgan fingerprint density at radius 1 is 1.62 bits per heavy atom. The lowest BCUT2D eigenvalue weighted by Crippen LogP contribution is -1.98. The van der Waals surface area contributed by atoms with Crippen LogP contribution in [0.15, 0.2) is 29.0 Å². The van der Waals surface area contributed by atoms with Gasteiger partial charge in [-0.3, -0.25) is 0 Å². The van der Waals surface area contributed by atoms with Crippen LogP contribution in [0.4, 0.5) is 0 Å². The second-order valence-electron chi connectivity index (χ2n) is 2.62. The first-order valence-corrected chi connectivity index (χ1v) is 4.61. The predicted molar refractivity (Wildman–Crippen MR) is 47.3 cm³/mol. The molecule has 0 aliphatic carbocycles. The summed E-state index contributed by atoms with van der Waals surface area (Å²) in [5.74, 6) is 0.765. The average molecular weight is 196 g/mol. The van der Waals surface area contributed by atoms with Crippen molar-refractivity contribution in [3.8, 4) is 0 Å². The molecule has 0 aromatic carbocycles. The Morgan fingerprint density at radius 3 is 3.15 bits per heavy atom. The number of hydrogen-bond acceptors (Lipinski definition) is 5. The molecular formula is C8H8N2O2S. The number of aliphatic hydroxyl groups excluding tert-OH is 1. The van der Waals surface area contributed by atoms with Crippen LogP contribution in [0, 0.1) is 0 Å². The van der Waals surface area contributed by atoms with Gasteiger partial charge in [-0.25, -0.2) is 0 Å². The Morgan fingerprint density at radius 2 is 2.54 bits per heavy atom. The maximum atomic E-state index is 9.65. The molecule has 0 bridgehead atoms. The summed E-state index contributed by atoms with van der Waals surface area (Å²) in [5.41, 5.74) is 0. The van der Waals surface area contributed by atoms with Gasteiger partial charge in [-0.15, -0.1) is 5.10 Å². The van der Waals surface area contributed by atoms with Crippen LogP contribution < -0.4 is 0 Å². The SMILES string of the molecule is OC(Cc1ccco1)c1cnns1. The highest BCUT2D eigenvalue weighted by Gasteiger charge is 2.12. The highest BCUT2D eigenvalue weighted by molar-refractivity contribution is 7.05. The maximum Gasteiger partial charge on any atom is 0.106 e. The maximum absolute atomic E-state index is 9.65. The smallest absolute Gasteiger partial charge is 0.106 e. The van der Waals surface area contributed by atoms with Crippen LogP contribution in [-0.2, 0) is 6.42 Å². The molecular weight excluding hydrogens is 188 g/mol. The number of aliphatic hydroxyl groups is 1. The zero-order valence-corrected chi connectivity index (χ0v) is 7.57. The van der Waals surface area contributed by atoms with Gasteiger partial charge in [-0.2, -0.15) is 0 Å². The molecule has 5 heteroatoms. The van der Waals surface area contributed by atoms with E-state index in [1.165, 1.54) is 11.5 Å². The van der Waals surface area contributed by atoms with Gasteiger partial charge < -0.3 is 9.52 Å². The molecule has 68 valence electrons. The van der Waals surface area contributed by atoms with E-state index < -0.39 is 6.10 Å². The summed E-state index contributed by atoms with van der Waals surface area (Å²) in [7, 11) is 0. The van der Waals surface area contributed by atoms with Crippen molar-refractivity contribution in [3.05, 3.63) is 35.2 Å². The summed E-state index contributed by atoms with van der Waals surface area (Å²) < 4.78 is 8.78. The minimum absolute atomic E-state index is 0.469. The number of furan rings is 1. The summed E-state index contributed by atoms with van der Waals surface area (Å²) in [6.07, 6.45) is 3.06.